The van der Waals surface area contributed by atoms with E-state index in [0.29, 0.717) is 29.6 Å². The SMILES string of the molecule is CCOc1ccc(C(CN)Cc2ccc(Cl)c(Cl)c2)cc1F. The molecule has 0 saturated carbocycles. The molecule has 0 saturated heterocycles. The smallest absolute Gasteiger partial charge is 0.165 e. The van der Waals surface area contributed by atoms with E-state index in [4.69, 9.17) is 33.7 Å². The summed E-state index contributed by atoms with van der Waals surface area (Å²) in [7, 11) is 0. The Labute approximate surface area is 140 Å². The van der Waals surface area contributed by atoms with Crippen LogP contribution in [0.5, 0.6) is 5.75 Å². The Hall–Kier alpha value is -1.29. The van der Waals surface area contributed by atoms with Crippen molar-refractivity contribution in [3.63, 3.8) is 0 Å². The average Bonchev–Trinajstić information content (AvgIpc) is 2.50. The van der Waals surface area contributed by atoms with Gasteiger partial charge in [0, 0.05) is 5.92 Å². The summed E-state index contributed by atoms with van der Waals surface area (Å²) in [6.45, 7) is 2.66. The minimum absolute atomic E-state index is 0.00224. The molecule has 0 bridgehead atoms. The van der Waals surface area contributed by atoms with E-state index >= 15 is 0 Å². The van der Waals surface area contributed by atoms with Gasteiger partial charge in [0.1, 0.15) is 0 Å². The predicted octanol–water partition coefficient (Wildman–Crippen LogP) is 4.82. The first-order valence-electron chi connectivity index (χ1n) is 7.11. The highest BCUT2D eigenvalue weighted by molar-refractivity contribution is 6.42. The van der Waals surface area contributed by atoms with Gasteiger partial charge in [-0.15, -0.1) is 0 Å². The highest BCUT2D eigenvalue weighted by atomic mass is 35.5. The summed E-state index contributed by atoms with van der Waals surface area (Å²) in [5.41, 5.74) is 7.71. The summed E-state index contributed by atoms with van der Waals surface area (Å²) in [6, 6.07) is 10.5. The molecular weight excluding hydrogens is 324 g/mol. The van der Waals surface area contributed by atoms with Gasteiger partial charge in [-0.2, -0.15) is 0 Å². The Balaban J connectivity index is 2.20. The van der Waals surface area contributed by atoms with Gasteiger partial charge < -0.3 is 10.5 Å². The minimum Gasteiger partial charge on any atom is -0.491 e. The molecule has 0 fully saturated rings. The van der Waals surface area contributed by atoms with Gasteiger partial charge in [0.25, 0.3) is 0 Å². The molecule has 5 heteroatoms. The molecule has 0 aromatic heterocycles. The fraction of sp³-hybridized carbons (Fsp3) is 0.294. The van der Waals surface area contributed by atoms with Crippen LogP contribution in [-0.4, -0.2) is 13.2 Å². The van der Waals surface area contributed by atoms with Crippen molar-refractivity contribution in [3.8, 4) is 5.75 Å². The standard InChI is InChI=1S/C17H18Cl2FNO/c1-2-22-17-6-4-12(9-16(17)20)13(10-21)7-11-3-5-14(18)15(19)8-11/h3-6,8-9,13H,2,7,10,21H2,1H3. The van der Waals surface area contributed by atoms with Crippen molar-refractivity contribution in [1.82, 2.24) is 0 Å². The van der Waals surface area contributed by atoms with Crippen molar-refractivity contribution >= 4 is 23.2 Å². The van der Waals surface area contributed by atoms with Crippen molar-refractivity contribution in [1.29, 1.82) is 0 Å². The maximum atomic E-state index is 14.0. The molecule has 0 radical (unpaired) electrons. The van der Waals surface area contributed by atoms with Gasteiger partial charge in [-0.3, -0.25) is 0 Å². The Morgan fingerprint density at radius 1 is 1.14 bits per heavy atom. The third-order valence-electron chi connectivity index (χ3n) is 3.48. The van der Waals surface area contributed by atoms with Crippen LogP contribution in [0.1, 0.15) is 24.0 Å². The highest BCUT2D eigenvalue weighted by Crippen LogP contribution is 2.28. The van der Waals surface area contributed by atoms with E-state index in [1.807, 2.05) is 25.1 Å². The van der Waals surface area contributed by atoms with Crippen molar-refractivity contribution in [2.24, 2.45) is 5.73 Å². The van der Waals surface area contributed by atoms with Crippen LogP contribution >= 0.6 is 23.2 Å². The molecule has 1 atom stereocenters. The zero-order valence-electron chi connectivity index (χ0n) is 12.3. The number of rotatable bonds is 6. The van der Waals surface area contributed by atoms with Gasteiger partial charge in [-0.25, -0.2) is 4.39 Å². The molecule has 2 aromatic rings. The van der Waals surface area contributed by atoms with Crippen molar-refractivity contribution < 1.29 is 9.13 Å². The van der Waals surface area contributed by atoms with Crippen LogP contribution in [0.4, 0.5) is 4.39 Å². The van der Waals surface area contributed by atoms with Crippen LogP contribution in [0.25, 0.3) is 0 Å². The van der Waals surface area contributed by atoms with Crippen molar-refractivity contribution in [3.05, 3.63) is 63.4 Å². The van der Waals surface area contributed by atoms with E-state index in [9.17, 15) is 4.39 Å². The Morgan fingerprint density at radius 2 is 1.91 bits per heavy atom. The fourth-order valence-electron chi connectivity index (χ4n) is 2.33. The second-order valence-electron chi connectivity index (χ2n) is 5.01. The third kappa shape index (κ3) is 4.13. The monoisotopic (exact) mass is 341 g/mol. The van der Waals surface area contributed by atoms with Gasteiger partial charge in [-0.05, 0) is 55.3 Å². The Morgan fingerprint density at radius 3 is 2.50 bits per heavy atom. The Kier molecular flexibility index (Phi) is 6.07. The number of benzene rings is 2. The summed E-state index contributed by atoms with van der Waals surface area (Å²) in [6.07, 6.45) is 0.667. The summed E-state index contributed by atoms with van der Waals surface area (Å²) < 4.78 is 19.2. The van der Waals surface area contributed by atoms with Crippen LogP contribution in [0.2, 0.25) is 10.0 Å². The number of nitrogens with two attached hydrogens (primary N) is 1. The molecule has 2 nitrogen and oxygen atoms in total. The quantitative estimate of drug-likeness (QED) is 0.817. The molecular formula is C17H18Cl2FNO. The molecule has 0 aliphatic heterocycles. The molecule has 0 amide bonds. The Bertz CT molecular complexity index is 649. The van der Waals surface area contributed by atoms with Crippen LogP contribution in [0.15, 0.2) is 36.4 Å². The van der Waals surface area contributed by atoms with Crippen molar-refractivity contribution in [2.75, 3.05) is 13.2 Å². The maximum Gasteiger partial charge on any atom is 0.165 e. The van der Waals surface area contributed by atoms with Crippen LogP contribution in [-0.2, 0) is 6.42 Å². The van der Waals surface area contributed by atoms with Gasteiger partial charge >= 0.3 is 0 Å². The third-order valence-corrected chi connectivity index (χ3v) is 4.22. The topological polar surface area (TPSA) is 35.2 Å². The highest BCUT2D eigenvalue weighted by Gasteiger charge is 2.14. The lowest BCUT2D eigenvalue weighted by Gasteiger charge is -2.17. The molecule has 0 heterocycles. The fourth-order valence-corrected chi connectivity index (χ4v) is 2.65. The van der Waals surface area contributed by atoms with Gasteiger partial charge in [-0.1, -0.05) is 35.3 Å². The first-order chi connectivity index (χ1) is 10.5. The average molecular weight is 342 g/mol. The lowest BCUT2D eigenvalue weighted by atomic mass is 9.92. The number of hydrogen-bond donors (Lipinski definition) is 1. The molecule has 0 aliphatic carbocycles. The summed E-state index contributed by atoms with van der Waals surface area (Å²) in [4.78, 5) is 0. The summed E-state index contributed by atoms with van der Waals surface area (Å²) >= 11 is 11.9. The van der Waals surface area contributed by atoms with Gasteiger partial charge in [0.15, 0.2) is 11.6 Å². The summed E-state index contributed by atoms with van der Waals surface area (Å²) in [5.74, 6) is -0.106. The lowest BCUT2D eigenvalue weighted by molar-refractivity contribution is 0.321. The van der Waals surface area contributed by atoms with Crippen LogP contribution in [0.3, 0.4) is 0 Å². The van der Waals surface area contributed by atoms with E-state index in [0.717, 1.165) is 11.1 Å². The van der Waals surface area contributed by atoms with E-state index < -0.39 is 0 Å². The van der Waals surface area contributed by atoms with Gasteiger partial charge in [0.05, 0.1) is 16.7 Å². The lowest BCUT2D eigenvalue weighted by Crippen LogP contribution is -2.15. The zero-order valence-corrected chi connectivity index (χ0v) is 13.8. The molecule has 1 unspecified atom stereocenters. The zero-order chi connectivity index (χ0) is 16.1. The van der Waals surface area contributed by atoms with Gasteiger partial charge in [0.2, 0.25) is 0 Å². The molecule has 118 valence electrons. The summed E-state index contributed by atoms with van der Waals surface area (Å²) in [5, 5.41) is 1.02. The van der Waals surface area contributed by atoms with E-state index in [1.54, 1.807) is 12.1 Å². The maximum absolute atomic E-state index is 14.0. The first-order valence-corrected chi connectivity index (χ1v) is 7.87. The minimum atomic E-state index is -0.369. The normalized spacial score (nSPS) is 12.2. The largest absolute Gasteiger partial charge is 0.491 e. The molecule has 22 heavy (non-hydrogen) atoms. The first kappa shape index (κ1) is 17.1. The number of halogens is 3. The second-order valence-corrected chi connectivity index (χ2v) is 5.82. The molecule has 0 spiro atoms. The van der Waals surface area contributed by atoms with Crippen LogP contribution in [0, 0.1) is 5.82 Å². The van der Waals surface area contributed by atoms with E-state index in [2.05, 4.69) is 0 Å². The predicted molar refractivity (Wildman–Crippen MR) is 89.5 cm³/mol. The van der Waals surface area contributed by atoms with Crippen LogP contribution < -0.4 is 10.5 Å². The van der Waals surface area contributed by atoms with E-state index in [-0.39, 0.29) is 17.5 Å². The molecule has 2 rings (SSSR count). The molecule has 0 aliphatic rings. The molecule has 2 aromatic carbocycles. The van der Waals surface area contributed by atoms with E-state index in [1.165, 1.54) is 6.07 Å². The number of hydrogen-bond acceptors (Lipinski definition) is 2. The number of ether oxygens (including phenoxy) is 1. The second kappa shape index (κ2) is 7.82. The van der Waals surface area contributed by atoms with Crippen molar-refractivity contribution in [2.45, 2.75) is 19.3 Å². The molecule has 2 N–H and O–H groups in total.